The van der Waals surface area contributed by atoms with Crippen molar-refractivity contribution < 1.29 is 8.78 Å². The van der Waals surface area contributed by atoms with E-state index in [2.05, 4.69) is 48.4 Å². The fraction of sp³-hybridized carbons (Fsp3) is 0.484. The van der Waals surface area contributed by atoms with Crippen LogP contribution in [-0.2, 0) is 0 Å². The molecule has 3 aromatic heterocycles. The SMILES string of the molecule is CCN1CCN([C@H](c2ccc(Nc3ncc(F)c(-c4cc(F)c5nc(C)n(C(C)C)c5c4)n3)nc2)C2CCNC2)CC1. The van der Waals surface area contributed by atoms with E-state index < -0.39 is 11.6 Å². The highest BCUT2D eigenvalue weighted by Gasteiger charge is 2.33. The highest BCUT2D eigenvalue weighted by molar-refractivity contribution is 5.83. The second kappa shape index (κ2) is 12.0. The monoisotopic (exact) mass is 575 g/mol. The van der Waals surface area contributed by atoms with Gasteiger partial charge >= 0.3 is 0 Å². The number of halogens is 2. The molecule has 9 nitrogen and oxygen atoms in total. The van der Waals surface area contributed by atoms with E-state index in [0.29, 0.717) is 34.7 Å². The van der Waals surface area contributed by atoms with Crippen LogP contribution < -0.4 is 10.6 Å². The van der Waals surface area contributed by atoms with Crippen LogP contribution in [-0.4, -0.2) is 80.1 Å². The third-order valence-electron chi connectivity index (χ3n) is 8.62. The second-order valence-electron chi connectivity index (χ2n) is 11.6. The second-order valence-corrected chi connectivity index (χ2v) is 11.6. The quantitative estimate of drug-likeness (QED) is 0.301. The lowest BCUT2D eigenvalue weighted by Crippen LogP contribution is -2.49. The predicted molar refractivity (Wildman–Crippen MR) is 161 cm³/mol. The number of nitrogens with one attached hydrogen (secondary N) is 2. The van der Waals surface area contributed by atoms with E-state index in [1.54, 1.807) is 6.07 Å². The van der Waals surface area contributed by atoms with Gasteiger partial charge in [-0.25, -0.2) is 28.7 Å². The van der Waals surface area contributed by atoms with Crippen molar-refractivity contribution in [3.8, 4) is 11.3 Å². The molecule has 2 aliphatic heterocycles. The Kier molecular flexibility index (Phi) is 8.15. The van der Waals surface area contributed by atoms with Crippen LogP contribution in [0, 0.1) is 24.5 Å². The summed E-state index contributed by atoms with van der Waals surface area (Å²) < 4.78 is 32.0. The van der Waals surface area contributed by atoms with E-state index >= 15 is 4.39 Å². The van der Waals surface area contributed by atoms with Crippen molar-refractivity contribution in [2.75, 3.05) is 51.1 Å². The first-order chi connectivity index (χ1) is 20.3. The van der Waals surface area contributed by atoms with Gasteiger partial charge in [0.2, 0.25) is 5.95 Å². The van der Waals surface area contributed by atoms with Crippen LogP contribution in [0.3, 0.4) is 0 Å². The molecule has 222 valence electrons. The van der Waals surface area contributed by atoms with Gasteiger partial charge in [0.25, 0.3) is 0 Å². The van der Waals surface area contributed by atoms with Gasteiger partial charge in [-0.3, -0.25) is 4.90 Å². The first kappa shape index (κ1) is 28.6. The highest BCUT2D eigenvalue weighted by atomic mass is 19.1. The van der Waals surface area contributed by atoms with Crippen molar-refractivity contribution in [2.45, 2.75) is 46.2 Å². The molecule has 2 aliphatic rings. The number of pyridine rings is 1. The smallest absolute Gasteiger partial charge is 0.229 e. The molecule has 0 aliphatic carbocycles. The Morgan fingerprint density at radius 1 is 1.02 bits per heavy atom. The predicted octanol–water partition coefficient (Wildman–Crippen LogP) is 5.09. The first-order valence-corrected chi connectivity index (χ1v) is 14.9. The summed E-state index contributed by atoms with van der Waals surface area (Å²) in [5.41, 5.74) is 2.40. The summed E-state index contributed by atoms with van der Waals surface area (Å²) in [6.07, 6.45) is 4.18. The number of aryl methyl sites for hydroxylation is 1. The molecular weight excluding hydrogens is 536 g/mol. The van der Waals surface area contributed by atoms with Crippen molar-refractivity contribution in [1.29, 1.82) is 0 Å². The molecule has 5 heterocycles. The van der Waals surface area contributed by atoms with Gasteiger partial charge < -0.3 is 20.1 Å². The summed E-state index contributed by atoms with van der Waals surface area (Å²) in [5, 5.41) is 6.64. The van der Waals surface area contributed by atoms with E-state index in [0.717, 1.165) is 58.4 Å². The summed E-state index contributed by atoms with van der Waals surface area (Å²) in [6, 6.07) is 7.43. The fourth-order valence-corrected chi connectivity index (χ4v) is 6.54. The summed E-state index contributed by atoms with van der Waals surface area (Å²) >= 11 is 0. The molecule has 6 rings (SSSR count). The third-order valence-corrected chi connectivity index (χ3v) is 8.62. The Hall–Kier alpha value is -3.54. The Morgan fingerprint density at radius 2 is 1.83 bits per heavy atom. The number of rotatable bonds is 8. The average Bonchev–Trinajstić information content (AvgIpc) is 3.63. The number of likely N-dealkylation sites (N-methyl/N-ethyl adjacent to an activating group) is 1. The lowest BCUT2D eigenvalue weighted by Gasteiger charge is -2.41. The third kappa shape index (κ3) is 5.60. The van der Waals surface area contributed by atoms with Crippen LogP contribution in [0.15, 0.2) is 36.7 Å². The van der Waals surface area contributed by atoms with Gasteiger partial charge in [-0.2, -0.15) is 0 Å². The number of piperazine rings is 1. The van der Waals surface area contributed by atoms with E-state index in [-0.39, 0.29) is 23.2 Å². The summed E-state index contributed by atoms with van der Waals surface area (Å²) in [4.78, 5) is 22.7. The number of imidazole rings is 1. The number of benzene rings is 1. The molecular formula is C31H39F2N9. The largest absolute Gasteiger partial charge is 0.326 e. The minimum Gasteiger partial charge on any atom is -0.326 e. The molecule has 2 saturated heterocycles. The van der Waals surface area contributed by atoms with Gasteiger partial charge in [-0.05, 0) is 76.5 Å². The van der Waals surface area contributed by atoms with Crippen LogP contribution in [0.1, 0.15) is 50.7 Å². The molecule has 2 N–H and O–H groups in total. The summed E-state index contributed by atoms with van der Waals surface area (Å²) in [6.45, 7) is 15.5. The van der Waals surface area contributed by atoms with Crippen LogP contribution in [0.25, 0.3) is 22.3 Å². The topological polar surface area (TPSA) is 87.0 Å². The van der Waals surface area contributed by atoms with Crippen LogP contribution >= 0.6 is 0 Å². The lowest BCUT2D eigenvalue weighted by molar-refractivity contribution is 0.0748. The van der Waals surface area contributed by atoms with Gasteiger partial charge in [-0.1, -0.05) is 13.0 Å². The Bertz CT molecular complexity index is 1540. The molecule has 2 atom stereocenters. The van der Waals surface area contributed by atoms with Crippen molar-refractivity contribution >= 4 is 22.8 Å². The molecule has 0 saturated carbocycles. The van der Waals surface area contributed by atoms with Crippen molar-refractivity contribution in [2.24, 2.45) is 5.92 Å². The lowest BCUT2D eigenvalue weighted by atomic mass is 9.91. The maximum absolute atomic E-state index is 15.1. The van der Waals surface area contributed by atoms with E-state index in [4.69, 9.17) is 4.98 Å². The number of hydrogen-bond acceptors (Lipinski definition) is 8. The molecule has 4 aromatic rings. The van der Waals surface area contributed by atoms with E-state index in [9.17, 15) is 4.39 Å². The van der Waals surface area contributed by atoms with Crippen LogP contribution in [0.4, 0.5) is 20.5 Å². The normalized spacial score (nSPS) is 19.2. The van der Waals surface area contributed by atoms with Gasteiger partial charge in [-0.15, -0.1) is 0 Å². The van der Waals surface area contributed by atoms with Crippen molar-refractivity contribution in [3.63, 3.8) is 0 Å². The number of aromatic nitrogens is 5. The maximum Gasteiger partial charge on any atom is 0.229 e. The zero-order chi connectivity index (χ0) is 29.4. The molecule has 11 heteroatoms. The van der Waals surface area contributed by atoms with Crippen molar-refractivity contribution in [1.82, 2.24) is 39.6 Å². The number of hydrogen-bond donors (Lipinski definition) is 2. The molecule has 42 heavy (non-hydrogen) atoms. The highest BCUT2D eigenvalue weighted by Crippen LogP contribution is 2.34. The molecule has 1 aromatic carbocycles. The minimum atomic E-state index is -0.633. The zero-order valence-corrected chi connectivity index (χ0v) is 24.7. The van der Waals surface area contributed by atoms with Gasteiger partial charge in [0.1, 0.15) is 22.9 Å². The first-order valence-electron chi connectivity index (χ1n) is 14.9. The fourth-order valence-electron chi connectivity index (χ4n) is 6.54. The molecule has 0 amide bonds. The van der Waals surface area contributed by atoms with Crippen LogP contribution in [0.2, 0.25) is 0 Å². The van der Waals surface area contributed by atoms with Gasteiger partial charge in [0.05, 0.1) is 11.7 Å². The number of anilines is 2. The van der Waals surface area contributed by atoms with Gasteiger partial charge in [0.15, 0.2) is 11.6 Å². The molecule has 0 bridgehead atoms. The number of fused-ring (bicyclic) bond motifs is 1. The maximum atomic E-state index is 15.1. The molecule has 0 spiro atoms. The Balaban J connectivity index is 1.25. The van der Waals surface area contributed by atoms with Crippen LogP contribution in [0.5, 0.6) is 0 Å². The Labute approximate surface area is 245 Å². The van der Waals surface area contributed by atoms with Crippen molar-refractivity contribution in [3.05, 3.63) is 59.7 Å². The Morgan fingerprint density at radius 3 is 2.50 bits per heavy atom. The molecule has 0 radical (unpaired) electrons. The number of nitrogens with zero attached hydrogens (tertiary/aromatic N) is 7. The summed E-state index contributed by atoms with van der Waals surface area (Å²) in [7, 11) is 0. The molecule has 2 fully saturated rings. The minimum absolute atomic E-state index is 0.0131. The standard InChI is InChI=1S/C31H39F2N9/c1-5-40-10-12-41(13-11-40)30(22-8-9-34-16-22)21-6-7-27(35-17-21)38-31-36-18-25(33)28(39-31)23-14-24(32)29-26(15-23)42(19(2)3)20(4)37-29/h6-7,14-15,17-19,22,30,34H,5,8-13,16H2,1-4H3,(H,35,36,38,39)/t22?,30-/m1/s1. The van der Waals surface area contributed by atoms with E-state index in [1.165, 1.54) is 11.6 Å². The van der Waals surface area contributed by atoms with Gasteiger partial charge in [0, 0.05) is 50.0 Å². The summed E-state index contributed by atoms with van der Waals surface area (Å²) in [5.74, 6) is 0.837. The molecule has 1 unspecified atom stereocenters. The zero-order valence-electron chi connectivity index (χ0n) is 24.7. The average molecular weight is 576 g/mol. The van der Waals surface area contributed by atoms with E-state index in [1.807, 2.05) is 37.6 Å².